The number of hydrogen-bond acceptors (Lipinski definition) is 2. The second-order valence-electron chi connectivity index (χ2n) is 5.08. The van der Waals surface area contributed by atoms with Gasteiger partial charge in [-0.25, -0.2) is 0 Å². The van der Waals surface area contributed by atoms with Crippen molar-refractivity contribution in [2.75, 3.05) is 7.05 Å². The summed E-state index contributed by atoms with van der Waals surface area (Å²) >= 11 is 1.81. The highest BCUT2D eigenvalue weighted by molar-refractivity contribution is 7.10. The molecule has 18 heavy (non-hydrogen) atoms. The first kappa shape index (κ1) is 13.3. The van der Waals surface area contributed by atoms with E-state index in [4.69, 9.17) is 0 Å². The largest absolute Gasteiger partial charge is 0.309 e. The minimum absolute atomic E-state index is 0.317. The quantitative estimate of drug-likeness (QED) is 0.846. The van der Waals surface area contributed by atoms with Gasteiger partial charge in [0.1, 0.15) is 0 Å². The summed E-state index contributed by atoms with van der Waals surface area (Å²) in [6, 6.07) is 13.6. The SMILES string of the molecule is CNC(c1cccc(CC(C)C)c1)c1cccs1. The highest BCUT2D eigenvalue weighted by Crippen LogP contribution is 2.26. The third-order valence-corrected chi connectivity index (χ3v) is 3.98. The Balaban J connectivity index is 2.26. The molecule has 1 N–H and O–H groups in total. The van der Waals surface area contributed by atoms with Crippen molar-refractivity contribution >= 4 is 11.3 Å². The predicted molar refractivity (Wildman–Crippen MR) is 80.2 cm³/mol. The van der Waals surface area contributed by atoms with Gasteiger partial charge in [0, 0.05) is 4.88 Å². The topological polar surface area (TPSA) is 12.0 Å². The number of rotatable bonds is 5. The molecule has 0 aliphatic heterocycles. The average Bonchev–Trinajstić information content (AvgIpc) is 2.83. The summed E-state index contributed by atoms with van der Waals surface area (Å²) in [6.45, 7) is 4.53. The lowest BCUT2D eigenvalue weighted by Crippen LogP contribution is -2.16. The van der Waals surface area contributed by atoms with Crippen LogP contribution in [0.15, 0.2) is 41.8 Å². The molecule has 1 unspecified atom stereocenters. The number of nitrogens with one attached hydrogen (secondary N) is 1. The monoisotopic (exact) mass is 259 g/mol. The lowest BCUT2D eigenvalue weighted by molar-refractivity contribution is 0.644. The van der Waals surface area contributed by atoms with E-state index in [1.54, 1.807) is 0 Å². The van der Waals surface area contributed by atoms with Crippen LogP contribution in [0.5, 0.6) is 0 Å². The van der Waals surface area contributed by atoms with Gasteiger partial charge in [0.25, 0.3) is 0 Å². The molecular weight excluding hydrogens is 238 g/mol. The van der Waals surface area contributed by atoms with Crippen LogP contribution in [0.3, 0.4) is 0 Å². The molecule has 0 amide bonds. The number of thiophene rings is 1. The van der Waals surface area contributed by atoms with Crippen LogP contribution in [0.1, 0.15) is 35.9 Å². The summed E-state index contributed by atoms with van der Waals surface area (Å²) in [6.07, 6.45) is 1.15. The van der Waals surface area contributed by atoms with Gasteiger partial charge in [0.05, 0.1) is 6.04 Å². The fraction of sp³-hybridized carbons (Fsp3) is 0.375. The van der Waals surface area contributed by atoms with Crippen LogP contribution in [0.25, 0.3) is 0 Å². The molecule has 1 nitrogen and oxygen atoms in total. The molecule has 0 fully saturated rings. The Morgan fingerprint density at radius 3 is 2.61 bits per heavy atom. The first-order valence-corrected chi connectivity index (χ1v) is 7.38. The van der Waals surface area contributed by atoms with Crippen molar-refractivity contribution < 1.29 is 0 Å². The zero-order chi connectivity index (χ0) is 13.0. The number of benzene rings is 1. The molecule has 0 radical (unpaired) electrons. The van der Waals surface area contributed by atoms with E-state index in [2.05, 4.69) is 60.9 Å². The van der Waals surface area contributed by atoms with Crippen molar-refractivity contribution in [3.63, 3.8) is 0 Å². The minimum atomic E-state index is 0.317. The molecule has 1 aromatic heterocycles. The lowest BCUT2D eigenvalue weighted by Gasteiger charge is -2.16. The van der Waals surface area contributed by atoms with Crippen molar-refractivity contribution in [2.24, 2.45) is 5.92 Å². The summed E-state index contributed by atoms with van der Waals surface area (Å²) in [5.41, 5.74) is 2.79. The summed E-state index contributed by atoms with van der Waals surface area (Å²) in [4.78, 5) is 1.37. The maximum atomic E-state index is 3.41. The van der Waals surface area contributed by atoms with E-state index >= 15 is 0 Å². The summed E-state index contributed by atoms with van der Waals surface area (Å²) in [5, 5.41) is 5.55. The standard InChI is InChI=1S/C16H21NS/c1-12(2)10-13-6-4-7-14(11-13)16(17-3)15-8-5-9-18-15/h4-9,11-12,16-17H,10H2,1-3H3. The van der Waals surface area contributed by atoms with Gasteiger partial charge in [-0.1, -0.05) is 44.2 Å². The van der Waals surface area contributed by atoms with E-state index in [9.17, 15) is 0 Å². The maximum Gasteiger partial charge on any atom is 0.0668 e. The fourth-order valence-electron chi connectivity index (χ4n) is 2.30. The second-order valence-corrected chi connectivity index (χ2v) is 6.06. The smallest absolute Gasteiger partial charge is 0.0668 e. The molecule has 1 heterocycles. The molecule has 1 atom stereocenters. The van der Waals surface area contributed by atoms with E-state index in [0.717, 1.165) is 6.42 Å². The van der Waals surface area contributed by atoms with Crippen molar-refractivity contribution in [3.8, 4) is 0 Å². The second kappa shape index (κ2) is 6.17. The first-order chi connectivity index (χ1) is 8.70. The predicted octanol–water partition coefficient (Wildman–Crippen LogP) is 4.26. The zero-order valence-corrected chi connectivity index (χ0v) is 12.1. The molecule has 0 aliphatic rings. The van der Waals surface area contributed by atoms with Gasteiger partial charge in [-0.2, -0.15) is 0 Å². The highest BCUT2D eigenvalue weighted by Gasteiger charge is 2.13. The molecule has 0 saturated heterocycles. The first-order valence-electron chi connectivity index (χ1n) is 6.50. The van der Waals surface area contributed by atoms with Gasteiger partial charge in [0.15, 0.2) is 0 Å². The highest BCUT2D eigenvalue weighted by atomic mass is 32.1. The third kappa shape index (κ3) is 3.21. The molecule has 0 bridgehead atoms. The Hall–Kier alpha value is -1.12. The van der Waals surface area contributed by atoms with Crippen LogP contribution in [-0.2, 0) is 6.42 Å². The van der Waals surface area contributed by atoms with E-state index in [1.165, 1.54) is 16.0 Å². The molecule has 2 heteroatoms. The Morgan fingerprint density at radius 2 is 2.00 bits per heavy atom. The summed E-state index contributed by atoms with van der Waals surface area (Å²) in [5.74, 6) is 0.704. The van der Waals surface area contributed by atoms with Crippen LogP contribution < -0.4 is 5.32 Å². The van der Waals surface area contributed by atoms with Gasteiger partial charge in [-0.05, 0) is 42.0 Å². The van der Waals surface area contributed by atoms with E-state index in [1.807, 2.05) is 18.4 Å². The van der Waals surface area contributed by atoms with Crippen LogP contribution >= 0.6 is 11.3 Å². The number of hydrogen-bond donors (Lipinski definition) is 1. The van der Waals surface area contributed by atoms with Crippen molar-refractivity contribution in [1.29, 1.82) is 0 Å². The van der Waals surface area contributed by atoms with Gasteiger partial charge < -0.3 is 5.32 Å². The normalized spacial score (nSPS) is 12.9. The molecular formula is C16H21NS. The summed E-state index contributed by atoms with van der Waals surface area (Å²) < 4.78 is 0. The van der Waals surface area contributed by atoms with E-state index in [-0.39, 0.29) is 0 Å². The zero-order valence-electron chi connectivity index (χ0n) is 11.3. The molecule has 2 rings (SSSR count). The van der Waals surface area contributed by atoms with Crippen molar-refractivity contribution in [2.45, 2.75) is 26.3 Å². The fourth-order valence-corrected chi connectivity index (χ4v) is 3.16. The Labute approximate surface area is 114 Å². The molecule has 2 aromatic rings. The van der Waals surface area contributed by atoms with Crippen LogP contribution in [0.2, 0.25) is 0 Å². The Morgan fingerprint density at radius 1 is 1.17 bits per heavy atom. The van der Waals surface area contributed by atoms with Crippen LogP contribution in [-0.4, -0.2) is 7.05 Å². The van der Waals surface area contributed by atoms with Gasteiger partial charge >= 0.3 is 0 Å². The molecule has 0 aliphatic carbocycles. The summed E-state index contributed by atoms with van der Waals surface area (Å²) in [7, 11) is 2.03. The van der Waals surface area contributed by atoms with Gasteiger partial charge in [-0.3, -0.25) is 0 Å². The Bertz CT molecular complexity index is 474. The van der Waals surface area contributed by atoms with Crippen molar-refractivity contribution in [1.82, 2.24) is 5.32 Å². The van der Waals surface area contributed by atoms with Crippen molar-refractivity contribution in [3.05, 3.63) is 57.8 Å². The molecule has 0 spiro atoms. The molecule has 1 aromatic carbocycles. The Kier molecular flexibility index (Phi) is 4.56. The maximum absolute atomic E-state index is 3.41. The molecule has 96 valence electrons. The third-order valence-electron chi connectivity index (χ3n) is 3.04. The van der Waals surface area contributed by atoms with Crippen LogP contribution in [0, 0.1) is 5.92 Å². The minimum Gasteiger partial charge on any atom is -0.309 e. The average molecular weight is 259 g/mol. The lowest BCUT2D eigenvalue weighted by atomic mass is 9.98. The van der Waals surface area contributed by atoms with E-state index in [0.29, 0.717) is 12.0 Å². The molecule has 0 saturated carbocycles. The van der Waals surface area contributed by atoms with Gasteiger partial charge in [-0.15, -0.1) is 11.3 Å². The van der Waals surface area contributed by atoms with E-state index < -0.39 is 0 Å². The van der Waals surface area contributed by atoms with Gasteiger partial charge in [0.2, 0.25) is 0 Å². The van der Waals surface area contributed by atoms with Crippen LogP contribution in [0.4, 0.5) is 0 Å².